The van der Waals surface area contributed by atoms with Gasteiger partial charge < -0.3 is 15.0 Å². The van der Waals surface area contributed by atoms with Gasteiger partial charge in [-0.25, -0.2) is 0 Å². The van der Waals surface area contributed by atoms with E-state index in [1.165, 1.54) is 0 Å². The number of hydrogen-bond acceptors (Lipinski definition) is 3. The molecular weight excluding hydrogens is 408 g/mol. The van der Waals surface area contributed by atoms with Gasteiger partial charge in [0, 0.05) is 28.6 Å². The smallest absolute Gasteiger partial charge is 0.252 e. The molecule has 140 valence electrons. The Balaban J connectivity index is 1.54. The molecule has 0 radical (unpaired) electrons. The maximum absolute atomic E-state index is 13.2. The minimum Gasteiger partial charge on any atom is -0.493 e. The number of nitrogens with zero attached hydrogens (tertiary/aromatic N) is 1. The molecule has 2 aliphatic heterocycles. The lowest BCUT2D eigenvalue weighted by atomic mass is 9.97. The fourth-order valence-electron chi connectivity index (χ4n) is 3.88. The molecule has 27 heavy (non-hydrogen) atoms. The number of halogens is 1. The van der Waals surface area contributed by atoms with Gasteiger partial charge in [0.25, 0.3) is 5.91 Å². The molecule has 0 spiro atoms. The van der Waals surface area contributed by atoms with E-state index in [0.717, 1.165) is 22.2 Å². The van der Waals surface area contributed by atoms with Crippen LogP contribution in [-0.2, 0) is 4.79 Å². The van der Waals surface area contributed by atoms with E-state index in [4.69, 9.17) is 4.74 Å². The summed E-state index contributed by atoms with van der Waals surface area (Å²) in [6.07, 6.45) is 1.35. The first-order valence-electron chi connectivity index (χ1n) is 9.09. The van der Waals surface area contributed by atoms with E-state index < -0.39 is 5.54 Å². The molecule has 4 rings (SSSR count). The summed E-state index contributed by atoms with van der Waals surface area (Å²) < 4.78 is 6.55. The average molecular weight is 429 g/mol. The van der Waals surface area contributed by atoms with Crippen LogP contribution in [0, 0.1) is 0 Å². The van der Waals surface area contributed by atoms with Crippen LogP contribution in [0.5, 0.6) is 5.75 Å². The van der Waals surface area contributed by atoms with Gasteiger partial charge in [-0.2, -0.15) is 0 Å². The molecule has 1 fully saturated rings. The first-order valence-corrected chi connectivity index (χ1v) is 9.88. The number of fused-ring (bicyclic) bond motifs is 1. The normalized spacial score (nSPS) is 24.3. The molecule has 6 heteroatoms. The quantitative estimate of drug-likeness (QED) is 0.810. The second kappa shape index (κ2) is 7.00. The Morgan fingerprint density at radius 1 is 1.26 bits per heavy atom. The Kier molecular flexibility index (Phi) is 4.68. The number of benzene rings is 2. The fraction of sp³-hybridized carbons (Fsp3) is 0.333. The number of hydrogen-bond donors (Lipinski definition) is 1. The Bertz CT molecular complexity index is 901. The summed E-state index contributed by atoms with van der Waals surface area (Å²) >= 11 is 3.38. The number of para-hydroxylation sites is 1. The van der Waals surface area contributed by atoms with Crippen LogP contribution in [0.1, 0.15) is 41.7 Å². The molecule has 2 aromatic carbocycles. The topological polar surface area (TPSA) is 58.6 Å². The number of ether oxygens (including phenoxy) is 1. The van der Waals surface area contributed by atoms with Crippen molar-refractivity contribution in [2.75, 3.05) is 13.2 Å². The van der Waals surface area contributed by atoms with Crippen LogP contribution in [0.25, 0.3) is 0 Å². The summed E-state index contributed by atoms with van der Waals surface area (Å²) in [5.74, 6) is 0.572. The van der Waals surface area contributed by atoms with E-state index in [9.17, 15) is 9.59 Å². The Labute approximate surface area is 166 Å². The molecule has 0 bridgehead atoms. The number of amides is 2. The highest BCUT2D eigenvalue weighted by Crippen LogP contribution is 2.39. The van der Waals surface area contributed by atoms with E-state index in [1.54, 1.807) is 12.1 Å². The van der Waals surface area contributed by atoms with E-state index >= 15 is 0 Å². The van der Waals surface area contributed by atoms with Crippen molar-refractivity contribution in [1.29, 1.82) is 0 Å². The van der Waals surface area contributed by atoms with E-state index in [0.29, 0.717) is 25.1 Å². The number of carbonyl (C=O) groups excluding carboxylic acids is 2. The Morgan fingerprint density at radius 3 is 2.89 bits per heavy atom. The average Bonchev–Trinajstić information content (AvgIpc) is 2.96. The van der Waals surface area contributed by atoms with Crippen molar-refractivity contribution in [2.24, 2.45) is 0 Å². The van der Waals surface area contributed by atoms with Gasteiger partial charge in [-0.05, 0) is 37.6 Å². The SMILES string of the molecule is CC1(NC(=O)c2cccc(Br)c2)CCN(C2CCOc3ccccc32)C1=O. The monoisotopic (exact) mass is 428 g/mol. The van der Waals surface area contributed by atoms with Crippen molar-refractivity contribution in [1.82, 2.24) is 10.2 Å². The molecule has 2 heterocycles. The van der Waals surface area contributed by atoms with Crippen molar-refractivity contribution < 1.29 is 14.3 Å². The first-order chi connectivity index (χ1) is 13.0. The van der Waals surface area contributed by atoms with Gasteiger partial charge in [0.1, 0.15) is 11.3 Å². The zero-order valence-corrected chi connectivity index (χ0v) is 16.7. The molecule has 0 aromatic heterocycles. The number of carbonyl (C=O) groups is 2. The third-order valence-electron chi connectivity index (χ3n) is 5.36. The van der Waals surface area contributed by atoms with E-state index in [-0.39, 0.29) is 17.9 Å². The highest BCUT2D eigenvalue weighted by Gasteiger charge is 2.47. The molecule has 1 N–H and O–H groups in total. The van der Waals surface area contributed by atoms with Crippen molar-refractivity contribution in [2.45, 2.75) is 31.3 Å². The molecule has 2 aliphatic rings. The largest absolute Gasteiger partial charge is 0.493 e. The third-order valence-corrected chi connectivity index (χ3v) is 5.86. The van der Waals surface area contributed by atoms with Crippen molar-refractivity contribution >= 4 is 27.7 Å². The summed E-state index contributed by atoms with van der Waals surface area (Å²) in [4.78, 5) is 27.8. The highest BCUT2D eigenvalue weighted by molar-refractivity contribution is 9.10. The van der Waals surface area contributed by atoms with Crippen LogP contribution in [0.3, 0.4) is 0 Å². The molecule has 2 unspecified atom stereocenters. The van der Waals surface area contributed by atoms with Crippen LogP contribution >= 0.6 is 15.9 Å². The predicted molar refractivity (Wildman–Crippen MR) is 106 cm³/mol. The zero-order valence-electron chi connectivity index (χ0n) is 15.1. The maximum Gasteiger partial charge on any atom is 0.252 e. The second-order valence-corrected chi connectivity index (χ2v) is 8.15. The van der Waals surface area contributed by atoms with Crippen molar-refractivity contribution in [3.63, 3.8) is 0 Å². The highest BCUT2D eigenvalue weighted by atomic mass is 79.9. The van der Waals surface area contributed by atoms with Gasteiger partial charge in [-0.1, -0.05) is 40.2 Å². The summed E-state index contributed by atoms with van der Waals surface area (Å²) in [7, 11) is 0. The number of likely N-dealkylation sites (tertiary alicyclic amines) is 1. The zero-order chi connectivity index (χ0) is 19.0. The van der Waals surface area contributed by atoms with E-state index in [2.05, 4.69) is 21.2 Å². The van der Waals surface area contributed by atoms with Gasteiger partial charge >= 0.3 is 0 Å². The molecule has 2 amide bonds. The predicted octanol–water partition coefficient (Wildman–Crippen LogP) is 3.69. The van der Waals surface area contributed by atoms with E-state index in [1.807, 2.05) is 48.2 Å². The second-order valence-electron chi connectivity index (χ2n) is 7.24. The van der Waals surface area contributed by atoms with Crippen LogP contribution in [-0.4, -0.2) is 35.4 Å². The lowest BCUT2D eigenvalue weighted by Gasteiger charge is -2.34. The van der Waals surface area contributed by atoms with Crippen LogP contribution < -0.4 is 10.1 Å². The maximum atomic E-state index is 13.2. The number of nitrogens with one attached hydrogen (secondary N) is 1. The molecule has 2 atom stereocenters. The van der Waals surface area contributed by atoms with Crippen LogP contribution in [0.2, 0.25) is 0 Å². The summed E-state index contributed by atoms with van der Waals surface area (Å²) in [6, 6.07) is 15.0. The summed E-state index contributed by atoms with van der Waals surface area (Å²) in [5, 5.41) is 2.96. The lowest BCUT2D eigenvalue weighted by Crippen LogP contribution is -2.52. The molecular formula is C21H21BrN2O3. The van der Waals surface area contributed by atoms with Crippen molar-refractivity contribution in [3.05, 3.63) is 64.1 Å². The van der Waals surface area contributed by atoms with Crippen molar-refractivity contribution in [3.8, 4) is 5.75 Å². The molecule has 5 nitrogen and oxygen atoms in total. The molecule has 0 aliphatic carbocycles. The Morgan fingerprint density at radius 2 is 2.07 bits per heavy atom. The summed E-state index contributed by atoms with van der Waals surface area (Å²) in [6.45, 7) is 3.02. The van der Waals surface area contributed by atoms with Crippen LogP contribution in [0.4, 0.5) is 0 Å². The van der Waals surface area contributed by atoms with Gasteiger partial charge in [0.15, 0.2) is 0 Å². The fourth-order valence-corrected chi connectivity index (χ4v) is 4.28. The minimum absolute atomic E-state index is 0.00736. The van der Waals surface area contributed by atoms with Gasteiger partial charge in [0.05, 0.1) is 12.6 Å². The van der Waals surface area contributed by atoms with Crippen LogP contribution in [0.15, 0.2) is 53.0 Å². The first kappa shape index (κ1) is 18.0. The van der Waals surface area contributed by atoms with Gasteiger partial charge in [-0.3, -0.25) is 9.59 Å². The van der Waals surface area contributed by atoms with Gasteiger partial charge in [-0.15, -0.1) is 0 Å². The Hall–Kier alpha value is -2.34. The minimum atomic E-state index is -0.896. The summed E-state index contributed by atoms with van der Waals surface area (Å²) in [5.41, 5.74) is 0.681. The number of rotatable bonds is 3. The molecule has 2 aromatic rings. The lowest BCUT2D eigenvalue weighted by molar-refractivity contribution is -0.135. The molecule has 1 saturated heterocycles. The third kappa shape index (κ3) is 3.34. The van der Waals surface area contributed by atoms with Gasteiger partial charge in [0.2, 0.25) is 5.91 Å². The standard InChI is InChI=1S/C21H21BrN2O3/c1-21(23-19(25)14-5-4-6-15(22)13-14)10-11-24(20(21)26)17-9-12-27-18-8-3-2-7-16(17)18/h2-8,13,17H,9-12H2,1H3,(H,23,25). The molecule has 0 saturated carbocycles.